The largest absolute Gasteiger partial charge is 0.461 e. The smallest absolute Gasteiger partial charge is 0.248 e. The SMILES string of the molecule is C[C@H]1C[C@H]1c1ccc(/C=C/C(=O)Nc2cccc(C(N)=O)c2)o1. The van der Waals surface area contributed by atoms with Crippen molar-refractivity contribution < 1.29 is 14.0 Å². The lowest BCUT2D eigenvalue weighted by molar-refractivity contribution is -0.111. The van der Waals surface area contributed by atoms with Gasteiger partial charge in [-0.05, 0) is 48.7 Å². The summed E-state index contributed by atoms with van der Waals surface area (Å²) >= 11 is 0. The van der Waals surface area contributed by atoms with Gasteiger partial charge in [0.1, 0.15) is 11.5 Å². The minimum atomic E-state index is -0.533. The molecule has 3 rings (SSSR count). The summed E-state index contributed by atoms with van der Waals surface area (Å²) in [6.45, 7) is 2.19. The first-order chi connectivity index (χ1) is 11.0. The predicted octanol–water partition coefficient (Wildman–Crippen LogP) is 3.15. The zero-order valence-electron chi connectivity index (χ0n) is 12.8. The number of hydrogen-bond donors (Lipinski definition) is 2. The first kappa shape index (κ1) is 15.1. The molecule has 0 aliphatic heterocycles. The molecule has 1 aromatic heterocycles. The fourth-order valence-corrected chi connectivity index (χ4v) is 2.47. The number of anilines is 1. The maximum atomic E-state index is 11.9. The van der Waals surface area contributed by atoms with Crippen molar-refractivity contribution in [3.63, 3.8) is 0 Å². The average molecular weight is 310 g/mol. The van der Waals surface area contributed by atoms with Crippen LogP contribution < -0.4 is 11.1 Å². The van der Waals surface area contributed by atoms with E-state index in [1.54, 1.807) is 24.3 Å². The van der Waals surface area contributed by atoms with Crippen molar-refractivity contribution in [2.24, 2.45) is 11.7 Å². The van der Waals surface area contributed by atoms with Gasteiger partial charge in [-0.25, -0.2) is 0 Å². The molecule has 23 heavy (non-hydrogen) atoms. The van der Waals surface area contributed by atoms with E-state index in [2.05, 4.69) is 12.2 Å². The first-order valence-electron chi connectivity index (χ1n) is 7.51. The molecule has 1 aliphatic rings. The lowest BCUT2D eigenvalue weighted by atomic mass is 10.2. The van der Waals surface area contributed by atoms with Crippen LogP contribution in [0.15, 0.2) is 46.9 Å². The molecule has 5 heteroatoms. The average Bonchev–Trinajstić information content (AvgIpc) is 3.07. The highest BCUT2D eigenvalue weighted by Crippen LogP contribution is 2.47. The second-order valence-electron chi connectivity index (χ2n) is 5.83. The van der Waals surface area contributed by atoms with Crippen LogP contribution in [0.4, 0.5) is 5.69 Å². The van der Waals surface area contributed by atoms with Gasteiger partial charge >= 0.3 is 0 Å². The Hall–Kier alpha value is -2.82. The molecule has 0 unspecified atom stereocenters. The van der Waals surface area contributed by atoms with E-state index in [0.29, 0.717) is 28.8 Å². The lowest BCUT2D eigenvalue weighted by Gasteiger charge is -2.03. The predicted molar refractivity (Wildman–Crippen MR) is 87.9 cm³/mol. The molecule has 0 spiro atoms. The normalized spacial score (nSPS) is 19.7. The number of benzene rings is 1. The fourth-order valence-electron chi connectivity index (χ4n) is 2.47. The minimum absolute atomic E-state index is 0.302. The van der Waals surface area contributed by atoms with E-state index in [4.69, 9.17) is 10.2 Å². The molecule has 5 nitrogen and oxygen atoms in total. The monoisotopic (exact) mass is 310 g/mol. The third-order valence-electron chi connectivity index (χ3n) is 3.94. The van der Waals surface area contributed by atoms with Gasteiger partial charge in [0.2, 0.25) is 11.8 Å². The summed E-state index contributed by atoms with van der Waals surface area (Å²) in [4.78, 5) is 23.0. The van der Waals surface area contributed by atoms with Crippen molar-refractivity contribution in [2.75, 3.05) is 5.32 Å². The van der Waals surface area contributed by atoms with E-state index in [1.807, 2.05) is 12.1 Å². The quantitative estimate of drug-likeness (QED) is 0.832. The third kappa shape index (κ3) is 3.69. The Balaban J connectivity index is 1.61. The Labute approximate surface area is 134 Å². The maximum absolute atomic E-state index is 11.9. The Morgan fingerprint density at radius 3 is 2.78 bits per heavy atom. The summed E-state index contributed by atoms with van der Waals surface area (Å²) in [5.74, 6) is 1.99. The Morgan fingerprint density at radius 1 is 1.30 bits per heavy atom. The zero-order valence-corrected chi connectivity index (χ0v) is 12.8. The fraction of sp³-hybridized carbons (Fsp3) is 0.222. The molecule has 2 aromatic rings. The van der Waals surface area contributed by atoms with Gasteiger partial charge in [-0.3, -0.25) is 9.59 Å². The van der Waals surface area contributed by atoms with Gasteiger partial charge in [0.05, 0.1) is 0 Å². The zero-order chi connectivity index (χ0) is 16.4. The molecule has 118 valence electrons. The van der Waals surface area contributed by atoms with Gasteiger partial charge in [-0.2, -0.15) is 0 Å². The van der Waals surface area contributed by atoms with Crippen molar-refractivity contribution in [1.82, 2.24) is 0 Å². The summed E-state index contributed by atoms with van der Waals surface area (Å²) in [5.41, 5.74) is 6.08. The van der Waals surface area contributed by atoms with E-state index < -0.39 is 5.91 Å². The highest BCUT2D eigenvalue weighted by molar-refractivity contribution is 6.02. The summed E-state index contributed by atoms with van der Waals surface area (Å²) in [6.07, 6.45) is 4.19. The number of carbonyl (C=O) groups excluding carboxylic acids is 2. The molecular formula is C18H18N2O3. The van der Waals surface area contributed by atoms with Gasteiger partial charge in [0.25, 0.3) is 0 Å². The van der Waals surface area contributed by atoms with E-state index in [-0.39, 0.29) is 5.91 Å². The second-order valence-corrected chi connectivity index (χ2v) is 5.83. The molecule has 2 atom stereocenters. The van der Waals surface area contributed by atoms with Crippen molar-refractivity contribution in [1.29, 1.82) is 0 Å². The standard InChI is InChI=1S/C18H18N2O3/c1-11-9-15(11)16-7-5-14(23-16)6-8-17(21)20-13-4-2-3-12(10-13)18(19)22/h2-8,10-11,15H,9H2,1H3,(H2,19,22)(H,20,21)/b8-6+/t11-,15+/m0/s1. The van der Waals surface area contributed by atoms with Crippen LogP contribution >= 0.6 is 0 Å². The Morgan fingerprint density at radius 2 is 2.09 bits per heavy atom. The molecule has 0 bridgehead atoms. The van der Waals surface area contributed by atoms with Crippen molar-refractivity contribution in [2.45, 2.75) is 19.3 Å². The topological polar surface area (TPSA) is 85.3 Å². The molecular weight excluding hydrogens is 292 g/mol. The number of rotatable bonds is 5. The van der Waals surface area contributed by atoms with Crippen molar-refractivity contribution in [3.8, 4) is 0 Å². The number of furan rings is 1. The molecule has 3 N–H and O–H groups in total. The highest BCUT2D eigenvalue weighted by atomic mass is 16.3. The Kier molecular flexibility index (Phi) is 4.02. The van der Waals surface area contributed by atoms with Gasteiger partial charge in [0.15, 0.2) is 0 Å². The summed E-state index contributed by atoms with van der Waals surface area (Å²) in [5, 5.41) is 2.68. The highest BCUT2D eigenvalue weighted by Gasteiger charge is 2.36. The summed E-state index contributed by atoms with van der Waals surface area (Å²) in [7, 11) is 0. The van der Waals surface area contributed by atoms with Crippen LogP contribution in [0.1, 0.15) is 41.1 Å². The van der Waals surface area contributed by atoms with Crippen molar-refractivity contribution >= 4 is 23.6 Å². The molecule has 1 fully saturated rings. The third-order valence-corrected chi connectivity index (χ3v) is 3.94. The van der Waals surface area contributed by atoms with Gasteiger partial charge < -0.3 is 15.5 Å². The minimum Gasteiger partial charge on any atom is -0.461 e. The van der Waals surface area contributed by atoms with Crippen LogP contribution in [-0.2, 0) is 4.79 Å². The summed E-state index contributed by atoms with van der Waals surface area (Å²) in [6, 6.07) is 10.3. The van der Waals surface area contributed by atoms with Crippen LogP contribution in [0.5, 0.6) is 0 Å². The van der Waals surface area contributed by atoms with Crippen LogP contribution in [0.3, 0.4) is 0 Å². The number of carbonyl (C=O) groups is 2. The Bertz CT molecular complexity index is 776. The number of primary amides is 1. The van der Waals surface area contributed by atoms with Gasteiger partial charge in [0, 0.05) is 23.2 Å². The number of nitrogens with one attached hydrogen (secondary N) is 1. The van der Waals surface area contributed by atoms with Crippen LogP contribution in [0.2, 0.25) is 0 Å². The molecule has 0 radical (unpaired) electrons. The number of hydrogen-bond acceptors (Lipinski definition) is 3. The van der Waals surface area contributed by atoms with E-state index in [1.165, 1.54) is 12.1 Å². The molecule has 1 saturated carbocycles. The van der Waals surface area contributed by atoms with Gasteiger partial charge in [-0.15, -0.1) is 0 Å². The molecule has 1 heterocycles. The van der Waals surface area contributed by atoms with E-state index >= 15 is 0 Å². The van der Waals surface area contributed by atoms with Crippen LogP contribution in [0.25, 0.3) is 6.08 Å². The van der Waals surface area contributed by atoms with Crippen LogP contribution in [-0.4, -0.2) is 11.8 Å². The molecule has 2 amide bonds. The molecule has 1 aliphatic carbocycles. The van der Waals surface area contributed by atoms with Crippen LogP contribution in [0, 0.1) is 5.92 Å². The van der Waals surface area contributed by atoms with Crippen molar-refractivity contribution in [3.05, 3.63) is 59.6 Å². The molecule has 0 saturated heterocycles. The second kappa shape index (κ2) is 6.12. The lowest BCUT2D eigenvalue weighted by Crippen LogP contribution is -2.12. The number of amides is 2. The van der Waals surface area contributed by atoms with E-state index in [0.717, 1.165) is 12.2 Å². The summed E-state index contributed by atoms with van der Waals surface area (Å²) < 4.78 is 5.70. The van der Waals surface area contributed by atoms with Gasteiger partial charge in [-0.1, -0.05) is 13.0 Å². The maximum Gasteiger partial charge on any atom is 0.248 e. The number of nitrogens with two attached hydrogens (primary N) is 1. The van der Waals surface area contributed by atoms with E-state index in [9.17, 15) is 9.59 Å². The molecule has 1 aromatic carbocycles. The first-order valence-corrected chi connectivity index (χ1v) is 7.51.